The van der Waals surface area contributed by atoms with Crippen LogP contribution < -0.4 is 4.74 Å². The van der Waals surface area contributed by atoms with Gasteiger partial charge in [0.2, 0.25) is 0 Å². The van der Waals surface area contributed by atoms with E-state index < -0.39 is 5.41 Å². The van der Waals surface area contributed by atoms with Crippen LogP contribution in [0, 0.1) is 11.3 Å². The highest BCUT2D eigenvalue weighted by Crippen LogP contribution is 2.40. The quantitative estimate of drug-likeness (QED) is 0.521. The summed E-state index contributed by atoms with van der Waals surface area (Å²) in [4.78, 5) is 21.6. The van der Waals surface area contributed by atoms with Crippen molar-refractivity contribution < 1.29 is 14.3 Å². The predicted octanol–water partition coefficient (Wildman–Crippen LogP) is 5.07. The van der Waals surface area contributed by atoms with E-state index in [9.17, 15) is 10.1 Å². The van der Waals surface area contributed by atoms with Crippen LogP contribution >= 0.6 is 0 Å². The lowest BCUT2D eigenvalue weighted by molar-refractivity contribution is -0.121. The lowest BCUT2D eigenvalue weighted by atomic mass is 9.85. The Balaban J connectivity index is 1.32. The van der Waals surface area contributed by atoms with Gasteiger partial charge in [0, 0.05) is 42.2 Å². The van der Waals surface area contributed by atoms with E-state index in [0.717, 1.165) is 57.6 Å². The maximum absolute atomic E-state index is 12.5. The van der Waals surface area contributed by atoms with E-state index in [1.54, 1.807) is 6.33 Å². The number of nitriles is 1. The summed E-state index contributed by atoms with van der Waals surface area (Å²) in [5.41, 5.74) is 8.21. The number of ether oxygens (including phenoxy) is 2. The van der Waals surface area contributed by atoms with Crippen LogP contribution in [0.3, 0.4) is 0 Å². The molecule has 2 aliphatic carbocycles. The monoisotopic (exact) mass is 477 g/mol. The predicted molar refractivity (Wildman–Crippen MR) is 136 cm³/mol. The Bertz CT molecular complexity index is 1460. The minimum absolute atomic E-state index is 0.0682. The average Bonchev–Trinajstić information content (AvgIpc) is 3.43. The Labute approximate surface area is 210 Å². The SMILES string of the molecule is CC1(C)C(=O)Cc2cc(C3=Cc4c(ncnc4-c4ccc(OC5CCOCC5)c(C#N)c4)C3)ccc21. The van der Waals surface area contributed by atoms with E-state index in [1.165, 1.54) is 0 Å². The summed E-state index contributed by atoms with van der Waals surface area (Å²) in [6.45, 7) is 5.38. The first-order valence-electron chi connectivity index (χ1n) is 12.4. The minimum atomic E-state index is -0.418. The first-order valence-corrected chi connectivity index (χ1v) is 12.4. The van der Waals surface area contributed by atoms with Crippen LogP contribution in [0.1, 0.15) is 60.2 Å². The normalized spacial score (nSPS) is 18.4. The van der Waals surface area contributed by atoms with Crippen molar-refractivity contribution in [2.24, 2.45) is 0 Å². The molecule has 1 aromatic heterocycles. The molecule has 6 heteroatoms. The number of nitrogens with zero attached hydrogens (tertiary/aromatic N) is 3. The summed E-state index contributed by atoms with van der Waals surface area (Å²) in [7, 11) is 0. The molecule has 0 amide bonds. The first kappa shape index (κ1) is 22.6. The number of aromatic nitrogens is 2. The molecular formula is C30H27N3O3. The van der Waals surface area contributed by atoms with Gasteiger partial charge in [-0.3, -0.25) is 4.79 Å². The molecular weight excluding hydrogens is 450 g/mol. The Kier molecular flexibility index (Phi) is 5.46. The van der Waals surface area contributed by atoms with Crippen molar-refractivity contribution in [2.75, 3.05) is 13.2 Å². The molecule has 1 saturated heterocycles. The highest BCUT2D eigenvalue weighted by Gasteiger charge is 2.38. The highest BCUT2D eigenvalue weighted by atomic mass is 16.5. The number of allylic oxidation sites excluding steroid dienone is 1. The Hall–Kier alpha value is -3.82. The first-order chi connectivity index (χ1) is 17.4. The van der Waals surface area contributed by atoms with Crippen molar-refractivity contribution >= 4 is 17.4 Å². The van der Waals surface area contributed by atoms with Crippen molar-refractivity contribution in [3.8, 4) is 23.1 Å². The summed E-state index contributed by atoms with van der Waals surface area (Å²) in [6, 6.07) is 14.3. The third-order valence-electron chi connectivity index (χ3n) is 7.68. The third-order valence-corrected chi connectivity index (χ3v) is 7.68. The number of fused-ring (bicyclic) bond motifs is 2. The van der Waals surface area contributed by atoms with E-state index in [0.29, 0.717) is 37.4 Å². The largest absolute Gasteiger partial charge is 0.489 e. The van der Waals surface area contributed by atoms with Crippen LogP contribution in [-0.2, 0) is 27.8 Å². The molecule has 2 aromatic carbocycles. The van der Waals surface area contributed by atoms with Gasteiger partial charge in [-0.25, -0.2) is 9.97 Å². The molecule has 0 radical (unpaired) electrons. The standard InChI is InChI=1S/C30H27N3O3/c1-30(2)25-5-3-18(11-21(25)15-28(30)34)20-13-24-26(14-20)32-17-33-29(24)19-4-6-27(22(12-19)16-31)36-23-7-9-35-10-8-23/h3-6,11-13,17,23H,7-10,14-15H2,1-2H3. The van der Waals surface area contributed by atoms with Crippen LogP contribution in [0.15, 0.2) is 42.7 Å². The molecule has 0 spiro atoms. The molecule has 0 saturated carbocycles. The fourth-order valence-electron chi connectivity index (χ4n) is 5.48. The van der Waals surface area contributed by atoms with Gasteiger partial charge in [-0.15, -0.1) is 0 Å². The molecule has 0 bridgehead atoms. The van der Waals surface area contributed by atoms with Gasteiger partial charge in [-0.2, -0.15) is 5.26 Å². The second-order valence-electron chi connectivity index (χ2n) is 10.3. The number of rotatable bonds is 4. The Morgan fingerprint density at radius 2 is 1.86 bits per heavy atom. The molecule has 0 N–H and O–H groups in total. The van der Waals surface area contributed by atoms with Crippen LogP contribution in [0.4, 0.5) is 0 Å². The minimum Gasteiger partial charge on any atom is -0.489 e. The third kappa shape index (κ3) is 3.81. The van der Waals surface area contributed by atoms with Crippen LogP contribution in [0.2, 0.25) is 0 Å². The number of carbonyl (C=O) groups is 1. The number of benzene rings is 2. The van der Waals surface area contributed by atoms with Gasteiger partial charge < -0.3 is 9.47 Å². The zero-order chi connectivity index (χ0) is 24.9. The van der Waals surface area contributed by atoms with E-state index >= 15 is 0 Å². The topological polar surface area (TPSA) is 85.1 Å². The molecule has 1 aliphatic heterocycles. The number of ketones is 1. The van der Waals surface area contributed by atoms with E-state index in [4.69, 9.17) is 9.47 Å². The van der Waals surface area contributed by atoms with Gasteiger partial charge in [0.25, 0.3) is 0 Å². The van der Waals surface area contributed by atoms with Gasteiger partial charge >= 0.3 is 0 Å². The zero-order valence-electron chi connectivity index (χ0n) is 20.5. The van der Waals surface area contributed by atoms with Crippen LogP contribution in [0.5, 0.6) is 5.75 Å². The maximum atomic E-state index is 12.5. The Morgan fingerprint density at radius 1 is 1.06 bits per heavy atom. The second kappa shape index (κ2) is 8.69. The molecule has 36 heavy (non-hydrogen) atoms. The zero-order valence-corrected chi connectivity index (χ0v) is 20.5. The summed E-state index contributed by atoms with van der Waals surface area (Å²) in [5, 5.41) is 9.81. The second-order valence-corrected chi connectivity index (χ2v) is 10.3. The molecule has 0 unspecified atom stereocenters. The van der Waals surface area contributed by atoms with Gasteiger partial charge in [-0.05, 0) is 60.4 Å². The number of hydrogen-bond acceptors (Lipinski definition) is 6. The summed E-state index contributed by atoms with van der Waals surface area (Å²) in [6.07, 6.45) is 6.65. The fourth-order valence-corrected chi connectivity index (χ4v) is 5.48. The molecule has 0 atom stereocenters. The van der Waals surface area contributed by atoms with E-state index in [-0.39, 0.29) is 11.9 Å². The molecule has 3 aliphatic rings. The van der Waals surface area contributed by atoms with Gasteiger partial charge in [-0.1, -0.05) is 18.2 Å². The lowest BCUT2D eigenvalue weighted by Crippen LogP contribution is -2.26. The van der Waals surface area contributed by atoms with E-state index in [2.05, 4.69) is 40.3 Å². The fraction of sp³-hybridized carbons (Fsp3) is 0.333. The number of Topliss-reactive ketones (excluding diaryl/α,β-unsaturated/α-hetero) is 1. The van der Waals surface area contributed by atoms with Gasteiger partial charge in [0.05, 0.1) is 30.2 Å². The average molecular weight is 478 g/mol. The van der Waals surface area contributed by atoms with Crippen molar-refractivity contribution in [3.05, 3.63) is 76.2 Å². The maximum Gasteiger partial charge on any atom is 0.147 e. The lowest BCUT2D eigenvalue weighted by Gasteiger charge is -2.23. The molecule has 6 rings (SSSR count). The molecule has 2 heterocycles. The van der Waals surface area contributed by atoms with Crippen molar-refractivity contribution in [3.63, 3.8) is 0 Å². The van der Waals surface area contributed by atoms with Crippen molar-refractivity contribution in [2.45, 2.75) is 51.0 Å². The van der Waals surface area contributed by atoms with Crippen LogP contribution in [0.25, 0.3) is 22.9 Å². The smallest absolute Gasteiger partial charge is 0.147 e. The number of carbonyl (C=O) groups excluding carboxylic acids is 1. The Morgan fingerprint density at radius 3 is 2.67 bits per heavy atom. The molecule has 1 fully saturated rings. The van der Waals surface area contributed by atoms with E-state index in [1.807, 2.05) is 32.0 Å². The summed E-state index contributed by atoms with van der Waals surface area (Å²) < 4.78 is 11.5. The highest BCUT2D eigenvalue weighted by molar-refractivity contribution is 5.97. The van der Waals surface area contributed by atoms with Gasteiger partial charge in [0.15, 0.2) is 0 Å². The molecule has 180 valence electrons. The van der Waals surface area contributed by atoms with Crippen LogP contribution in [-0.4, -0.2) is 35.1 Å². The van der Waals surface area contributed by atoms with Crippen molar-refractivity contribution in [1.82, 2.24) is 9.97 Å². The summed E-state index contributed by atoms with van der Waals surface area (Å²) >= 11 is 0. The summed E-state index contributed by atoms with van der Waals surface area (Å²) in [5.74, 6) is 0.870. The van der Waals surface area contributed by atoms with Crippen molar-refractivity contribution in [1.29, 1.82) is 5.26 Å². The molecule has 3 aromatic rings. The number of hydrogen-bond donors (Lipinski definition) is 0. The van der Waals surface area contributed by atoms with Gasteiger partial charge in [0.1, 0.15) is 30.0 Å². The molecule has 6 nitrogen and oxygen atoms in total.